The maximum atomic E-state index is 11.6. The Labute approximate surface area is 101 Å². The second kappa shape index (κ2) is 4.05. The quantitative estimate of drug-likeness (QED) is 0.812. The highest BCUT2D eigenvalue weighted by atomic mass is 16.6. The molecule has 5 heteroatoms. The highest BCUT2D eigenvalue weighted by Gasteiger charge is 2.27. The monoisotopic (exact) mass is 237 g/mol. The van der Waals surface area contributed by atoms with Gasteiger partial charge in [0.1, 0.15) is 18.0 Å². The van der Waals surface area contributed by atoms with E-state index in [-0.39, 0.29) is 12.5 Å². The molecule has 0 saturated heterocycles. The lowest BCUT2D eigenvalue weighted by Crippen LogP contribution is -2.27. The molecule has 2 N–H and O–H groups in total. The number of nitrogens with zero attached hydrogens (tertiary/aromatic N) is 2. The fourth-order valence-electron chi connectivity index (χ4n) is 1.65. The Hall–Kier alpha value is -1.52. The molecule has 0 aromatic carbocycles. The third kappa shape index (κ3) is 3.22. The predicted molar refractivity (Wildman–Crippen MR) is 64.5 cm³/mol. The molecule has 0 amide bonds. The van der Waals surface area contributed by atoms with E-state index in [1.165, 1.54) is 17.5 Å². The molecular weight excluding hydrogens is 218 g/mol. The van der Waals surface area contributed by atoms with Gasteiger partial charge in [0.2, 0.25) is 0 Å². The molecule has 2 rings (SSSR count). The van der Waals surface area contributed by atoms with Gasteiger partial charge in [-0.1, -0.05) is 0 Å². The molecule has 1 fully saturated rings. The third-order valence-corrected chi connectivity index (χ3v) is 2.52. The van der Waals surface area contributed by atoms with Crippen LogP contribution in [0.3, 0.4) is 0 Å². The van der Waals surface area contributed by atoms with Crippen LogP contribution in [0.1, 0.15) is 45.2 Å². The zero-order valence-electron chi connectivity index (χ0n) is 10.6. The fraction of sp³-hybridized carbons (Fsp3) is 0.667. The van der Waals surface area contributed by atoms with E-state index in [1.807, 2.05) is 26.8 Å². The smallest absolute Gasteiger partial charge is 0.328 e. The summed E-state index contributed by atoms with van der Waals surface area (Å²) in [5.41, 5.74) is 6.33. The average Bonchev–Trinajstić information content (AvgIpc) is 2.91. The Morgan fingerprint density at radius 2 is 2.24 bits per heavy atom. The molecule has 1 aliphatic carbocycles. The summed E-state index contributed by atoms with van der Waals surface area (Å²) in [5.74, 6) is 0.754. The van der Waals surface area contributed by atoms with Crippen molar-refractivity contribution in [1.29, 1.82) is 0 Å². The first-order valence-electron chi connectivity index (χ1n) is 5.90. The molecule has 0 spiro atoms. The van der Waals surface area contributed by atoms with E-state index in [4.69, 9.17) is 10.5 Å². The summed E-state index contributed by atoms with van der Waals surface area (Å²) in [6, 6.07) is 1.85. The number of hydrogen-bond donors (Lipinski definition) is 1. The van der Waals surface area contributed by atoms with Gasteiger partial charge in [-0.25, -0.2) is 4.68 Å². The molecule has 0 atom stereocenters. The van der Waals surface area contributed by atoms with Crippen LogP contribution in [-0.2, 0) is 16.1 Å². The molecule has 0 unspecified atom stereocenters. The van der Waals surface area contributed by atoms with Crippen molar-refractivity contribution < 1.29 is 9.53 Å². The number of rotatable bonds is 3. The number of carbonyl (C=O) groups is 1. The van der Waals surface area contributed by atoms with Crippen LogP contribution in [0.25, 0.3) is 0 Å². The average molecular weight is 237 g/mol. The summed E-state index contributed by atoms with van der Waals surface area (Å²) in [4.78, 5) is 11.6. The van der Waals surface area contributed by atoms with Gasteiger partial charge in [-0.05, 0) is 33.6 Å². The van der Waals surface area contributed by atoms with Crippen molar-refractivity contribution >= 4 is 11.8 Å². The minimum atomic E-state index is -0.474. The van der Waals surface area contributed by atoms with Crippen LogP contribution >= 0.6 is 0 Å². The number of esters is 1. The second-order valence-electron chi connectivity index (χ2n) is 5.51. The normalized spacial score (nSPS) is 15.9. The molecule has 0 radical (unpaired) electrons. The molecule has 1 aliphatic rings. The molecule has 0 bridgehead atoms. The van der Waals surface area contributed by atoms with E-state index in [0.29, 0.717) is 11.7 Å². The van der Waals surface area contributed by atoms with Gasteiger partial charge in [0.15, 0.2) is 0 Å². The number of carbonyl (C=O) groups excluding carboxylic acids is 1. The zero-order chi connectivity index (χ0) is 12.6. The molecule has 1 heterocycles. The van der Waals surface area contributed by atoms with Gasteiger partial charge >= 0.3 is 5.97 Å². The van der Waals surface area contributed by atoms with Crippen LogP contribution in [0.4, 0.5) is 5.82 Å². The lowest BCUT2D eigenvalue weighted by Gasteiger charge is -2.19. The minimum Gasteiger partial charge on any atom is -0.459 e. The van der Waals surface area contributed by atoms with E-state index in [2.05, 4.69) is 5.10 Å². The Bertz CT molecular complexity index is 427. The van der Waals surface area contributed by atoms with Crippen LogP contribution in [0.2, 0.25) is 0 Å². The SMILES string of the molecule is CC(C)(C)OC(=O)Cn1nc(C2CC2)cc1N. The molecule has 0 aliphatic heterocycles. The lowest BCUT2D eigenvalue weighted by molar-refractivity contribution is -0.155. The van der Waals surface area contributed by atoms with Crippen LogP contribution in [0.5, 0.6) is 0 Å². The summed E-state index contributed by atoms with van der Waals surface area (Å²) in [6.45, 7) is 5.60. The number of anilines is 1. The van der Waals surface area contributed by atoms with Crippen molar-refractivity contribution in [3.8, 4) is 0 Å². The van der Waals surface area contributed by atoms with Crippen LogP contribution in [0.15, 0.2) is 6.07 Å². The van der Waals surface area contributed by atoms with E-state index in [9.17, 15) is 4.79 Å². The van der Waals surface area contributed by atoms with E-state index in [1.54, 1.807) is 0 Å². The van der Waals surface area contributed by atoms with Gasteiger partial charge < -0.3 is 10.5 Å². The molecule has 1 saturated carbocycles. The van der Waals surface area contributed by atoms with E-state index >= 15 is 0 Å². The Kier molecular flexibility index (Phi) is 2.85. The van der Waals surface area contributed by atoms with Crippen molar-refractivity contribution in [3.05, 3.63) is 11.8 Å². The molecule has 94 valence electrons. The largest absolute Gasteiger partial charge is 0.459 e. The van der Waals surface area contributed by atoms with Crippen molar-refractivity contribution in [2.75, 3.05) is 5.73 Å². The van der Waals surface area contributed by atoms with E-state index in [0.717, 1.165) is 5.69 Å². The van der Waals surface area contributed by atoms with Crippen molar-refractivity contribution in [2.24, 2.45) is 0 Å². The standard InChI is InChI=1S/C12H19N3O2/c1-12(2,3)17-11(16)7-15-10(13)6-9(14-15)8-4-5-8/h6,8H,4-5,7,13H2,1-3H3. The number of aromatic nitrogens is 2. The molecule has 1 aromatic heterocycles. The zero-order valence-corrected chi connectivity index (χ0v) is 10.6. The first-order valence-corrected chi connectivity index (χ1v) is 5.90. The van der Waals surface area contributed by atoms with Crippen molar-refractivity contribution in [1.82, 2.24) is 9.78 Å². The summed E-state index contributed by atoms with van der Waals surface area (Å²) < 4.78 is 6.74. The topological polar surface area (TPSA) is 70.1 Å². The summed E-state index contributed by atoms with van der Waals surface area (Å²) >= 11 is 0. The Morgan fingerprint density at radius 3 is 2.76 bits per heavy atom. The number of nitrogens with two attached hydrogens (primary N) is 1. The summed E-state index contributed by atoms with van der Waals surface area (Å²) in [6.07, 6.45) is 2.34. The minimum absolute atomic E-state index is 0.0792. The lowest BCUT2D eigenvalue weighted by atomic mass is 10.2. The molecule has 1 aromatic rings. The van der Waals surface area contributed by atoms with Crippen LogP contribution in [0, 0.1) is 0 Å². The molecular formula is C12H19N3O2. The first-order chi connectivity index (χ1) is 7.85. The summed E-state index contributed by atoms with van der Waals surface area (Å²) in [7, 11) is 0. The number of ether oxygens (including phenoxy) is 1. The number of hydrogen-bond acceptors (Lipinski definition) is 4. The maximum absolute atomic E-state index is 11.6. The first kappa shape index (κ1) is 12.0. The van der Waals surface area contributed by atoms with Gasteiger partial charge in [0.05, 0.1) is 5.69 Å². The van der Waals surface area contributed by atoms with Gasteiger partial charge in [0.25, 0.3) is 0 Å². The Morgan fingerprint density at radius 1 is 1.59 bits per heavy atom. The second-order valence-corrected chi connectivity index (χ2v) is 5.51. The fourth-order valence-corrected chi connectivity index (χ4v) is 1.65. The predicted octanol–water partition coefficient (Wildman–Crippen LogP) is 1.68. The molecule has 17 heavy (non-hydrogen) atoms. The summed E-state index contributed by atoms with van der Waals surface area (Å²) in [5, 5.41) is 4.33. The third-order valence-electron chi connectivity index (χ3n) is 2.52. The maximum Gasteiger partial charge on any atom is 0.328 e. The number of nitrogen functional groups attached to an aromatic ring is 1. The van der Waals surface area contributed by atoms with Gasteiger partial charge in [0, 0.05) is 12.0 Å². The van der Waals surface area contributed by atoms with Gasteiger partial charge in [-0.15, -0.1) is 0 Å². The van der Waals surface area contributed by atoms with E-state index < -0.39 is 5.60 Å². The Balaban J connectivity index is 2.00. The van der Waals surface area contributed by atoms with Crippen LogP contribution < -0.4 is 5.73 Å². The van der Waals surface area contributed by atoms with Gasteiger partial charge in [-0.2, -0.15) is 5.10 Å². The highest BCUT2D eigenvalue weighted by Crippen LogP contribution is 2.39. The van der Waals surface area contributed by atoms with Crippen LogP contribution in [-0.4, -0.2) is 21.4 Å². The van der Waals surface area contributed by atoms with Crippen molar-refractivity contribution in [2.45, 2.75) is 51.7 Å². The van der Waals surface area contributed by atoms with Crippen molar-refractivity contribution in [3.63, 3.8) is 0 Å². The molecule has 5 nitrogen and oxygen atoms in total. The van der Waals surface area contributed by atoms with Gasteiger partial charge in [-0.3, -0.25) is 4.79 Å². The highest BCUT2D eigenvalue weighted by molar-refractivity contribution is 5.70.